The molecule has 3 aromatic rings. The number of amides is 1. The van der Waals surface area contributed by atoms with Crippen molar-refractivity contribution >= 4 is 28.8 Å². The highest BCUT2D eigenvalue weighted by atomic mass is 35.5. The van der Waals surface area contributed by atoms with Gasteiger partial charge in [0.2, 0.25) is 0 Å². The molecule has 1 amide bonds. The number of thiophene rings is 1. The fourth-order valence-electron chi connectivity index (χ4n) is 2.65. The fraction of sp³-hybridized carbons (Fsp3) is 0.190. The number of nitrogens with one attached hydrogen (secondary N) is 1. The van der Waals surface area contributed by atoms with E-state index < -0.39 is 0 Å². The summed E-state index contributed by atoms with van der Waals surface area (Å²) >= 11 is 7.53. The molecule has 0 bridgehead atoms. The maximum Gasteiger partial charge on any atom is 0.261 e. The van der Waals surface area contributed by atoms with Gasteiger partial charge in [-0.1, -0.05) is 54.1 Å². The molecule has 1 atom stereocenters. The molecular weight excluding hydrogens is 350 g/mol. The number of hydrogen-bond acceptors (Lipinski definition) is 2. The maximum absolute atomic E-state index is 12.5. The van der Waals surface area contributed by atoms with E-state index in [4.69, 9.17) is 11.6 Å². The molecule has 1 unspecified atom stereocenters. The molecule has 0 spiro atoms. The molecule has 0 aliphatic rings. The molecule has 3 rings (SSSR count). The predicted molar refractivity (Wildman–Crippen MR) is 106 cm³/mol. The molecule has 128 valence electrons. The quantitative estimate of drug-likeness (QED) is 0.582. The standard InChI is InChI=1S/C21H20ClNOS/c1-15(10-11-16-6-3-2-4-7-16)23-21(24)20-13-12-19(25-20)17-8-5-9-18(22)14-17/h2-9,12-15H,10-11H2,1H3,(H,23,24). The van der Waals surface area contributed by atoms with Gasteiger partial charge in [-0.15, -0.1) is 11.3 Å². The third kappa shape index (κ3) is 4.94. The summed E-state index contributed by atoms with van der Waals surface area (Å²) in [5.74, 6) is -0.0150. The lowest BCUT2D eigenvalue weighted by atomic mass is 10.1. The molecule has 25 heavy (non-hydrogen) atoms. The highest BCUT2D eigenvalue weighted by Crippen LogP contribution is 2.29. The van der Waals surface area contributed by atoms with Crippen molar-refractivity contribution in [2.45, 2.75) is 25.8 Å². The smallest absolute Gasteiger partial charge is 0.261 e. The lowest BCUT2D eigenvalue weighted by Crippen LogP contribution is -2.32. The number of halogens is 1. The van der Waals surface area contributed by atoms with Crippen molar-refractivity contribution in [2.75, 3.05) is 0 Å². The molecular formula is C21H20ClNOS. The third-order valence-corrected chi connectivity index (χ3v) is 5.39. The van der Waals surface area contributed by atoms with Gasteiger partial charge in [0.05, 0.1) is 4.88 Å². The van der Waals surface area contributed by atoms with Crippen LogP contribution in [0.4, 0.5) is 0 Å². The summed E-state index contributed by atoms with van der Waals surface area (Å²) < 4.78 is 0. The zero-order valence-electron chi connectivity index (χ0n) is 14.0. The first-order valence-electron chi connectivity index (χ1n) is 8.32. The second kappa shape index (κ2) is 8.32. The Balaban J connectivity index is 1.58. The van der Waals surface area contributed by atoms with Gasteiger partial charge in [-0.3, -0.25) is 4.79 Å². The molecule has 0 fully saturated rings. The molecule has 0 aliphatic heterocycles. The van der Waals surface area contributed by atoms with Crippen LogP contribution >= 0.6 is 22.9 Å². The summed E-state index contributed by atoms with van der Waals surface area (Å²) in [5.41, 5.74) is 2.33. The van der Waals surface area contributed by atoms with Crippen LogP contribution in [0.3, 0.4) is 0 Å². The highest BCUT2D eigenvalue weighted by Gasteiger charge is 2.13. The third-order valence-electron chi connectivity index (χ3n) is 4.03. The van der Waals surface area contributed by atoms with Gasteiger partial charge in [0.25, 0.3) is 5.91 Å². The lowest BCUT2D eigenvalue weighted by molar-refractivity contribution is 0.0942. The van der Waals surface area contributed by atoms with Crippen molar-refractivity contribution in [3.8, 4) is 10.4 Å². The van der Waals surface area contributed by atoms with Crippen molar-refractivity contribution in [2.24, 2.45) is 0 Å². The van der Waals surface area contributed by atoms with Gasteiger partial charge in [0.1, 0.15) is 0 Å². The average Bonchev–Trinajstić information content (AvgIpc) is 3.11. The minimum Gasteiger partial charge on any atom is -0.349 e. The molecule has 1 heterocycles. The van der Waals surface area contributed by atoms with Crippen LogP contribution in [0.2, 0.25) is 5.02 Å². The molecule has 2 aromatic carbocycles. The highest BCUT2D eigenvalue weighted by molar-refractivity contribution is 7.17. The molecule has 0 saturated heterocycles. The summed E-state index contributed by atoms with van der Waals surface area (Å²) in [5, 5.41) is 3.79. The normalized spacial score (nSPS) is 11.9. The second-order valence-electron chi connectivity index (χ2n) is 6.07. The predicted octanol–water partition coefficient (Wildman–Crippen LogP) is 5.82. The first-order valence-corrected chi connectivity index (χ1v) is 9.52. The van der Waals surface area contributed by atoms with Crippen LogP contribution in [0.1, 0.15) is 28.6 Å². The van der Waals surface area contributed by atoms with Crippen molar-refractivity contribution in [3.63, 3.8) is 0 Å². The van der Waals surface area contributed by atoms with E-state index in [1.165, 1.54) is 16.9 Å². The van der Waals surface area contributed by atoms with Crippen molar-refractivity contribution < 1.29 is 4.79 Å². The molecule has 1 N–H and O–H groups in total. The number of carbonyl (C=O) groups is 1. The minimum absolute atomic E-state index is 0.0150. The summed E-state index contributed by atoms with van der Waals surface area (Å²) in [4.78, 5) is 14.2. The summed E-state index contributed by atoms with van der Waals surface area (Å²) in [6.07, 6.45) is 1.88. The molecule has 0 aliphatic carbocycles. The Bertz CT molecular complexity index is 844. The van der Waals surface area contributed by atoms with Crippen LogP contribution in [-0.2, 0) is 6.42 Å². The van der Waals surface area contributed by atoms with E-state index in [2.05, 4.69) is 17.4 Å². The van der Waals surface area contributed by atoms with Crippen LogP contribution in [-0.4, -0.2) is 11.9 Å². The summed E-state index contributed by atoms with van der Waals surface area (Å²) in [6.45, 7) is 2.05. The number of hydrogen-bond donors (Lipinski definition) is 1. The van der Waals surface area contributed by atoms with Crippen LogP contribution in [0.15, 0.2) is 66.7 Å². The van der Waals surface area contributed by atoms with E-state index in [0.29, 0.717) is 5.02 Å². The largest absolute Gasteiger partial charge is 0.349 e. The Morgan fingerprint density at radius 3 is 2.64 bits per heavy atom. The van der Waals surface area contributed by atoms with Crippen LogP contribution < -0.4 is 5.32 Å². The number of benzene rings is 2. The monoisotopic (exact) mass is 369 g/mol. The van der Waals surface area contributed by atoms with Gasteiger partial charge < -0.3 is 5.32 Å². The molecule has 1 aromatic heterocycles. The summed E-state index contributed by atoms with van der Waals surface area (Å²) in [6, 6.07) is 22.0. The second-order valence-corrected chi connectivity index (χ2v) is 7.59. The Labute approximate surface area is 157 Å². The van der Waals surface area contributed by atoms with Crippen LogP contribution in [0.5, 0.6) is 0 Å². The minimum atomic E-state index is -0.0150. The van der Waals surface area contributed by atoms with E-state index in [1.807, 2.05) is 61.5 Å². The first-order chi connectivity index (χ1) is 12.1. The van der Waals surface area contributed by atoms with Gasteiger partial charge in [-0.05, 0) is 55.2 Å². The van der Waals surface area contributed by atoms with Crippen molar-refractivity contribution in [1.29, 1.82) is 0 Å². The molecule has 2 nitrogen and oxygen atoms in total. The van der Waals surface area contributed by atoms with E-state index in [1.54, 1.807) is 0 Å². The van der Waals surface area contributed by atoms with Gasteiger partial charge in [-0.2, -0.15) is 0 Å². The van der Waals surface area contributed by atoms with Crippen LogP contribution in [0, 0.1) is 0 Å². The van der Waals surface area contributed by atoms with Gasteiger partial charge in [0.15, 0.2) is 0 Å². The maximum atomic E-state index is 12.5. The first kappa shape index (κ1) is 17.7. The van der Waals surface area contributed by atoms with E-state index in [-0.39, 0.29) is 11.9 Å². The Hall–Kier alpha value is -2.10. The lowest BCUT2D eigenvalue weighted by Gasteiger charge is -2.13. The Kier molecular flexibility index (Phi) is 5.90. The van der Waals surface area contributed by atoms with Gasteiger partial charge in [-0.25, -0.2) is 0 Å². The molecule has 0 radical (unpaired) electrons. The van der Waals surface area contributed by atoms with E-state index in [0.717, 1.165) is 28.2 Å². The Morgan fingerprint density at radius 1 is 1.08 bits per heavy atom. The fourth-order valence-corrected chi connectivity index (χ4v) is 3.75. The Morgan fingerprint density at radius 2 is 1.88 bits per heavy atom. The zero-order valence-corrected chi connectivity index (χ0v) is 15.6. The average molecular weight is 370 g/mol. The van der Waals surface area contributed by atoms with Gasteiger partial charge >= 0.3 is 0 Å². The SMILES string of the molecule is CC(CCc1ccccc1)NC(=O)c1ccc(-c2cccc(Cl)c2)s1. The van der Waals surface area contributed by atoms with E-state index >= 15 is 0 Å². The zero-order chi connectivity index (χ0) is 17.6. The number of rotatable bonds is 6. The molecule has 4 heteroatoms. The number of aryl methyl sites for hydroxylation is 1. The number of carbonyl (C=O) groups excluding carboxylic acids is 1. The van der Waals surface area contributed by atoms with Crippen molar-refractivity contribution in [1.82, 2.24) is 5.32 Å². The van der Waals surface area contributed by atoms with Crippen molar-refractivity contribution in [3.05, 3.63) is 82.2 Å². The molecule has 0 saturated carbocycles. The summed E-state index contributed by atoms with van der Waals surface area (Å²) in [7, 11) is 0. The topological polar surface area (TPSA) is 29.1 Å². The van der Waals surface area contributed by atoms with Crippen LogP contribution in [0.25, 0.3) is 10.4 Å². The van der Waals surface area contributed by atoms with Gasteiger partial charge in [0, 0.05) is 15.9 Å². The van der Waals surface area contributed by atoms with E-state index in [9.17, 15) is 4.79 Å².